The lowest BCUT2D eigenvalue weighted by atomic mass is 10.1. The number of aliphatic imine (C=N–C) groups is 2. The monoisotopic (exact) mass is 265 g/mol. The summed E-state index contributed by atoms with van der Waals surface area (Å²) in [7, 11) is 0. The average Bonchev–Trinajstić information content (AvgIpc) is 2.42. The number of allylic oxidation sites excluding steroid dienone is 1. The van der Waals surface area contributed by atoms with Crippen LogP contribution in [0.25, 0.3) is 0 Å². The van der Waals surface area contributed by atoms with Crippen LogP contribution in [0.15, 0.2) is 21.8 Å². The zero-order chi connectivity index (χ0) is 13.9. The second kappa shape index (κ2) is 9.27. The minimum Gasteiger partial charge on any atom is -0.381 e. The van der Waals surface area contributed by atoms with Gasteiger partial charge in [0.1, 0.15) is 6.34 Å². The SMILES string of the molecule is CC(C)/C(C=NC=NC1CCOCC1)=C/NNC=N. The summed E-state index contributed by atoms with van der Waals surface area (Å²) in [5.74, 6) is 0.347. The van der Waals surface area contributed by atoms with Gasteiger partial charge in [0.25, 0.3) is 0 Å². The minimum atomic E-state index is 0.343. The molecule has 0 spiro atoms. The van der Waals surface area contributed by atoms with Crippen molar-refractivity contribution >= 4 is 18.9 Å². The first-order valence-electron chi connectivity index (χ1n) is 6.56. The third kappa shape index (κ3) is 6.71. The van der Waals surface area contributed by atoms with Crippen LogP contribution >= 0.6 is 0 Å². The molecule has 6 heteroatoms. The first-order valence-corrected chi connectivity index (χ1v) is 6.56. The standard InChI is InChI=1S/C13H23N5O/c1-11(2)12(8-17-18-9-14)7-15-10-16-13-3-5-19-6-4-13/h7-11,13,17H,3-6H2,1-2H3,(H2,14,18)/b12-8+,15-7?,16-10?. The second-order valence-corrected chi connectivity index (χ2v) is 4.62. The third-order valence-electron chi connectivity index (χ3n) is 2.82. The molecule has 1 heterocycles. The van der Waals surface area contributed by atoms with Gasteiger partial charge in [-0.15, -0.1) is 0 Å². The van der Waals surface area contributed by atoms with Crippen molar-refractivity contribution in [2.75, 3.05) is 13.2 Å². The topological polar surface area (TPSA) is 81.9 Å². The molecule has 6 nitrogen and oxygen atoms in total. The zero-order valence-electron chi connectivity index (χ0n) is 11.6. The van der Waals surface area contributed by atoms with E-state index >= 15 is 0 Å². The van der Waals surface area contributed by atoms with E-state index in [4.69, 9.17) is 10.1 Å². The van der Waals surface area contributed by atoms with Crippen molar-refractivity contribution in [3.05, 3.63) is 11.8 Å². The fraction of sp³-hybridized carbons (Fsp3) is 0.615. The van der Waals surface area contributed by atoms with Crippen LogP contribution < -0.4 is 10.9 Å². The molecule has 0 aliphatic carbocycles. The van der Waals surface area contributed by atoms with E-state index in [-0.39, 0.29) is 0 Å². The lowest BCUT2D eigenvalue weighted by Crippen LogP contribution is -2.25. The summed E-state index contributed by atoms with van der Waals surface area (Å²) >= 11 is 0. The van der Waals surface area contributed by atoms with Gasteiger partial charge >= 0.3 is 0 Å². The molecule has 1 aliphatic rings. The normalized spacial score (nSPS) is 18.4. The van der Waals surface area contributed by atoms with E-state index in [9.17, 15) is 0 Å². The number of nitrogens with one attached hydrogen (secondary N) is 3. The van der Waals surface area contributed by atoms with E-state index in [2.05, 4.69) is 34.7 Å². The van der Waals surface area contributed by atoms with Gasteiger partial charge in [0.15, 0.2) is 0 Å². The summed E-state index contributed by atoms with van der Waals surface area (Å²) in [4.78, 5) is 8.62. The third-order valence-corrected chi connectivity index (χ3v) is 2.82. The van der Waals surface area contributed by atoms with Crippen molar-refractivity contribution in [3.8, 4) is 0 Å². The molecular formula is C13H23N5O. The van der Waals surface area contributed by atoms with Gasteiger partial charge in [-0.2, -0.15) is 0 Å². The highest BCUT2D eigenvalue weighted by Crippen LogP contribution is 2.09. The number of nitrogens with zero attached hydrogens (tertiary/aromatic N) is 2. The molecule has 1 saturated heterocycles. The van der Waals surface area contributed by atoms with Crippen molar-refractivity contribution in [1.29, 1.82) is 5.41 Å². The highest BCUT2D eigenvalue weighted by atomic mass is 16.5. The van der Waals surface area contributed by atoms with Crippen LogP contribution in [0, 0.1) is 11.3 Å². The van der Waals surface area contributed by atoms with Crippen molar-refractivity contribution in [2.24, 2.45) is 15.9 Å². The first kappa shape index (κ1) is 15.4. The van der Waals surface area contributed by atoms with Gasteiger partial charge < -0.3 is 10.2 Å². The average molecular weight is 265 g/mol. The minimum absolute atomic E-state index is 0.343. The van der Waals surface area contributed by atoms with Crippen LogP contribution in [0.4, 0.5) is 0 Å². The molecule has 0 aromatic carbocycles. The van der Waals surface area contributed by atoms with Crippen molar-refractivity contribution in [3.63, 3.8) is 0 Å². The van der Waals surface area contributed by atoms with E-state index < -0.39 is 0 Å². The van der Waals surface area contributed by atoms with Crippen molar-refractivity contribution < 1.29 is 4.74 Å². The summed E-state index contributed by atoms with van der Waals surface area (Å²) in [6.07, 6.45) is 8.23. The molecular weight excluding hydrogens is 242 g/mol. The molecule has 0 aromatic rings. The van der Waals surface area contributed by atoms with Crippen LogP contribution in [-0.2, 0) is 4.74 Å². The Kier molecular flexibility index (Phi) is 7.50. The quantitative estimate of drug-likeness (QED) is 0.282. The first-order chi connectivity index (χ1) is 9.24. The van der Waals surface area contributed by atoms with E-state index in [1.54, 1.807) is 18.8 Å². The molecule has 0 radical (unpaired) electrons. The predicted molar refractivity (Wildman–Crippen MR) is 78.8 cm³/mol. The van der Waals surface area contributed by atoms with Crippen LogP contribution in [-0.4, -0.2) is 38.1 Å². The zero-order valence-corrected chi connectivity index (χ0v) is 11.6. The van der Waals surface area contributed by atoms with Gasteiger partial charge in [-0.25, -0.2) is 4.99 Å². The van der Waals surface area contributed by atoms with Gasteiger partial charge in [-0.1, -0.05) is 13.8 Å². The number of rotatable bonds is 7. The van der Waals surface area contributed by atoms with E-state index in [1.165, 1.54) is 0 Å². The van der Waals surface area contributed by atoms with Crippen molar-refractivity contribution in [2.45, 2.75) is 32.7 Å². The van der Waals surface area contributed by atoms with Crippen LogP contribution in [0.2, 0.25) is 0 Å². The molecule has 0 atom stereocenters. The fourth-order valence-electron chi connectivity index (χ4n) is 1.61. The van der Waals surface area contributed by atoms with E-state index in [0.717, 1.165) is 38.0 Å². The number of ether oxygens (including phenoxy) is 1. The van der Waals surface area contributed by atoms with Crippen molar-refractivity contribution in [1.82, 2.24) is 10.9 Å². The van der Waals surface area contributed by atoms with Crippen LogP contribution in [0.1, 0.15) is 26.7 Å². The molecule has 0 aromatic heterocycles. The Labute approximate surface area is 114 Å². The largest absolute Gasteiger partial charge is 0.381 e. The summed E-state index contributed by atoms with van der Waals surface area (Å²) in [5, 5.41) is 6.84. The Bertz CT molecular complexity index is 343. The maximum absolute atomic E-state index is 6.84. The Morgan fingerprint density at radius 2 is 2.05 bits per heavy atom. The molecule has 0 saturated carbocycles. The molecule has 19 heavy (non-hydrogen) atoms. The number of hydrogen-bond acceptors (Lipinski definition) is 4. The molecule has 0 unspecified atom stereocenters. The van der Waals surface area contributed by atoms with E-state index in [0.29, 0.717) is 12.0 Å². The summed E-state index contributed by atoms with van der Waals surface area (Å²) in [5.41, 5.74) is 6.42. The summed E-state index contributed by atoms with van der Waals surface area (Å²) in [6, 6.07) is 0.343. The van der Waals surface area contributed by atoms with Gasteiger partial charge in [0, 0.05) is 25.6 Å². The van der Waals surface area contributed by atoms with Crippen LogP contribution in [0.5, 0.6) is 0 Å². The fourth-order valence-corrected chi connectivity index (χ4v) is 1.61. The van der Waals surface area contributed by atoms with Crippen LogP contribution in [0.3, 0.4) is 0 Å². The Morgan fingerprint density at radius 1 is 1.32 bits per heavy atom. The second-order valence-electron chi connectivity index (χ2n) is 4.62. The van der Waals surface area contributed by atoms with Gasteiger partial charge in [0.2, 0.25) is 0 Å². The molecule has 0 amide bonds. The smallest absolute Gasteiger partial charge is 0.110 e. The molecule has 0 bridgehead atoms. The van der Waals surface area contributed by atoms with E-state index in [1.807, 2.05) is 0 Å². The molecule has 1 aliphatic heterocycles. The maximum Gasteiger partial charge on any atom is 0.110 e. The van der Waals surface area contributed by atoms with Gasteiger partial charge in [-0.3, -0.25) is 15.8 Å². The number of hydrogen-bond donors (Lipinski definition) is 3. The summed E-state index contributed by atoms with van der Waals surface area (Å²) in [6.45, 7) is 5.75. The molecule has 106 valence electrons. The lowest BCUT2D eigenvalue weighted by molar-refractivity contribution is 0.0872. The number of hydrazine groups is 1. The van der Waals surface area contributed by atoms with Gasteiger partial charge in [-0.05, 0) is 24.3 Å². The molecule has 1 rings (SSSR count). The Balaban J connectivity index is 2.43. The summed E-state index contributed by atoms with van der Waals surface area (Å²) < 4.78 is 5.28. The molecule has 1 fully saturated rings. The Hall–Kier alpha value is -1.69. The lowest BCUT2D eigenvalue weighted by Gasteiger charge is -2.17. The highest BCUT2D eigenvalue weighted by Gasteiger charge is 2.10. The maximum atomic E-state index is 6.84. The Morgan fingerprint density at radius 3 is 2.68 bits per heavy atom. The van der Waals surface area contributed by atoms with Gasteiger partial charge in [0.05, 0.1) is 12.4 Å². The highest BCUT2D eigenvalue weighted by molar-refractivity contribution is 5.85. The molecule has 3 N–H and O–H groups in total. The predicted octanol–water partition coefficient (Wildman–Crippen LogP) is 1.51.